The van der Waals surface area contributed by atoms with Crippen LogP contribution < -0.4 is 5.32 Å². The van der Waals surface area contributed by atoms with E-state index in [9.17, 15) is 9.59 Å². The highest BCUT2D eigenvalue weighted by molar-refractivity contribution is 6.05. The fourth-order valence-corrected chi connectivity index (χ4v) is 2.10. The van der Waals surface area contributed by atoms with Crippen LogP contribution in [0.25, 0.3) is 0 Å². The van der Waals surface area contributed by atoms with Crippen LogP contribution in [0, 0.1) is 0 Å². The van der Waals surface area contributed by atoms with Crippen molar-refractivity contribution in [2.24, 2.45) is 0 Å². The van der Waals surface area contributed by atoms with Crippen molar-refractivity contribution in [1.29, 1.82) is 0 Å². The lowest BCUT2D eigenvalue weighted by molar-refractivity contribution is -0.137. The molecule has 1 saturated heterocycles. The third-order valence-electron chi connectivity index (χ3n) is 3.30. The Morgan fingerprint density at radius 2 is 1.82 bits per heavy atom. The van der Waals surface area contributed by atoms with Gasteiger partial charge in [0.1, 0.15) is 0 Å². The van der Waals surface area contributed by atoms with Crippen molar-refractivity contribution in [3.05, 3.63) is 0 Å². The van der Waals surface area contributed by atoms with Crippen molar-refractivity contribution in [1.82, 2.24) is 10.2 Å². The minimum Gasteiger partial charge on any atom is -0.305 e. The first-order chi connectivity index (χ1) is 8.16. The van der Waals surface area contributed by atoms with Crippen LogP contribution in [0.2, 0.25) is 0 Å². The molecule has 2 amide bonds. The molecule has 0 aromatic rings. The Balaban J connectivity index is 2.04. The summed E-state index contributed by atoms with van der Waals surface area (Å²) in [6.45, 7) is 3.05. The number of likely N-dealkylation sites (tertiary alicyclic amines) is 1. The zero-order valence-electron chi connectivity index (χ0n) is 11.0. The molecule has 1 rings (SSSR count). The van der Waals surface area contributed by atoms with Gasteiger partial charge in [-0.05, 0) is 13.0 Å². The largest absolute Gasteiger partial charge is 0.305 e. The van der Waals surface area contributed by atoms with Gasteiger partial charge in [-0.1, -0.05) is 39.0 Å². The molecule has 0 saturated carbocycles. The molecule has 0 bridgehead atoms. The van der Waals surface area contributed by atoms with Crippen LogP contribution in [-0.4, -0.2) is 36.3 Å². The number of amides is 2. The van der Waals surface area contributed by atoms with Crippen LogP contribution in [0.1, 0.15) is 51.9 Å². The van der Waals surface area contributed by atoms with Crippen LogP contribution in [0.4, 0.5) is 0 Å². The van der Waals surface area contributed by atoms with Gasteiger partial charge in [-0.3, -0.25) is 14.5 Å². The molecule has 1 atom stereocenters. The predicted octanol–water partition coefficient (Wildman–Crippen LogP) is 1.69. The average Bonchev–Trinajstić information content (AvgIpc) is 2.56. The van der Waals surface area contributed by atoms with Crippen LogP contribution >= 0.6 is 0 Å². The lowest BCUT2D eigenvalue weighted by atomic mass is 10.1. The molecule has 0 spiro atoms. The molecule has 0 radical (unpaired) electrons. The topological polar surface area (TPSA) is 49.4 Å². The number of likely N-dealkylation sites (N-methyl/N-ethyl adjacent to an activating group) is 1. The van der Waals surface area contributed by atoms with Gasteiger partial charge in [0, 0.05) is 7.05 Å². The molecule has 0 aromatic heterocycles. The predicted molar refractivity (Wildman–Crippen MR) is 67.6 cm³/mol. The number of nitrogens with zero attached hydrogens (tertiary/aromatic N) is 1. The van der Waals surface area contributed by atoms with Gasteiger partial charge < -0.3 is 5.32 Å². The lowest BCUT2D eigenvalue weighted by Gasteiger charge is -2.10. The van der Waals surface area contributed by atoms with E-state index < -0.39 is 0 Å². The molecule has 1 aliphatic rings. The minimum absolute atomic E-state index is 0.0737. The maximum absolute atomic E-state index is 11.6. The van der Waals surface area contributed by atoms with Crippen molar-refractivity contribution >= 4 is 11.8 Å². The van der Waals surface area contributed by atoms with Gasteiger partial charge in [0.15, 0.2) is 0 Å². The van der Waals surface area contributed by atoms with E-state index in [2.05, 4.69) is 12.2 Å². The van der Waals surface area contributed by atoms with E-state index in [1.54, 1.807) is 7.05 Å². The number of rotatable bonds is 8. The Kier molecular flexibility index (Phi) is 6.19. The highest BCUT2D eigenvalue weighted by atomic mass is 16.2. The van der Waals surface area contributed by atoms with Gasteiger partial charge in [-0.15, -0.1) is 0 Å². The SMILES string of the molecule is CCCCCCCCNC1CC(=O)N(C)C1=O. The third kappa shape index (κ3) is 4.46. The monoisotopic (exact) mass is 240 g/mol. The van der Waals surface area contributed by atoms with Gasteiger partial charge in [0.25, 0.3) is 0 Å². The third-order valence-corrected chi connectivity index (χ3v) is 3.30. The molecule has 1 fully saturated rings. The fourth-order valence-electron chi connectivity index (χ4n) is 2.10. The zero-order chi connectivity index (χ0) is 12.7. The average molecular weight is 240 g/mol. The number of unbranched alkanes of at least 4 members (excludes halogenated alkanes) is 5. The fraction of sp³-hybridized carbons (Fsp3) is 0.846. The van der Waals surface area contributed by atoms with Crippen molar-refractivity contribution in [2.45, 2.75) is 57.9 Å². The van der Waals surface area contributed by atoms with Crippen LogP contribution in [0.15, 0.2) is 0 Å². The molecule has 4 nitrogen and oxygen atoms in total. The van der Waals surface area contributed by atoms with Crippen LogP contribution in [-0.2, 0) is 9.59 Å². The Hall–Kier alpha value is -0.900. The van der Waals surface area contributed by atoms with E-state index >= 15 is 0 Å². The molecule has 1 heterocycles. The number of carbonyl (C=O) groups is 2. The molecule has 0 aromatic carbocycles. The van der Waals surface area contributed by atoms with E-state index in [0.717, 1.165) is 13.0 Å². The Morgan fingerprint density at radius 1 is 1.18 bits per heavy atom. The molecule has 17 heavy (non-hydrogen) atoms. The molecule has 0 aliphatic carbocycles. The summed E-state index contributed by atoms with van der Waals surface area (Å²) in [6.07, 6.45) is 7.78. The van der Waals surface area contributed by atoms with E-state index in [0.29, 0.717) is 6.42 Å². The van der Waals surface area contributed by atoms with Gasteiger partial charge >= 0.3 is 0 Å². The molecule has 1 unspecified atom stereocenters. The first kappa shape index (κ1) is 14.2. The zero-order valence-corrected chi connectivity index (χ0v) is 11.0. The van der Waals surface area contributed by atoms with Gasteiger partial charge in [-0.25, -0.2) is 0 Å². The van der Waals surface area contributed by atoms with E-state index in [1.165, 1.54) is 37.0 Å². The lowest BCUT2D eigenvalue weighted by Crippen LogP contribution is -2.37. The molecular weight excluding hydrogens is 216 g/mol. The van der Waals surface area contributed by atoms with Crippen molar-refractivity contribution in [2.75, 3.05) is 13.6 Å². The second-order valence-corrected chi connectivity index (χ2v) is 4.77. The highest BCUT2D eigenvalue weighted by Gasteiger charge is 2.35. The normalized spacial score (nSPS) is 20.4. The molecule has 98 valence electrons. The summed E-state index contributed by atoms with van der Waals surface area (Å²) in [5.74, 6) is -0.156. The summed E-state index contributed by atoms with van der Waals surface area (Å²) < 4.78 is 0. The standard InChI is InChI=1S/C13H24N2O2/c1-3-4-5-6-7-8-9-14-11-10-12(16)15(2)13(11)17/h11,14H,3-10H2,1-2H3. The highest BCUT2D eigenvalue weighted by Crippen LogP contribution is 2.11. The number of carbonyl (C=O) groups excluding carboxylic acids is 2. The summed E-state index contributed by atoms with van der Waals surface area (Å²) in [5, 5.41) is 3.17. The second-order valence-electron chi connectivity index (χ2n) is 4.77. The van der Waals surface area contributed by atoms with E-state index in [-0.39, 0.29) is 17.9 Å². The van der Waals surface area contributed by atoms with Crippen LogP contribution in [0.5, 0.6) is 0 Å². The Bertz CT molecular complexity index is 266. The number of imide groups is 1. The minimum atomic E-state index is -0.275. The molecule has 4 heteroatoms. The van der Waals surface area contributed by atoms with E-state index in [4.69, 9.17) is 0 Å². The first-order valence-electron chi connectivity index (χ1n) is 6.70. The molecule has 1 aliphatic heterocycles. The van der Waals surface area contributed by atoms with Gasteiger partial charge in [0.2, 0.25) is 11.8 Å². The number of nitrogens with one attached hydrogen (secondary N) is 1. The van der Waals surface area contributed by atoms with Gasteiger partial charge in [0.05, 0.1) is 12.5 Å². The molecule has 1 N–H and O–H groups in total. The smallest absolute Gasteiger partial charge is 0.246 e. The Morgan fingerprint density at radius 3 is 2.41 bits per heavy atom. The Labute approximate surface area is 104 Å². The quantitative estimate of drug-likeness (QED) is 0.519. The van der Waals surface area contributed by atoms with Crippen LogP contribution in [0.3, 0.4) is 0 Å². The number of hydrogen-bond acceptors (Lipinski definition) is 3. The summed E-state index contributed by atoms with van der Waals surface area (Å²) in [5.41, 5.74) is 0. The first-order valence-corrected chi connectivity index (χ1v) is 6.70. The van der Waals surface area contributed by atoms with Crippen molar-refractivity contribution in [3.8, 4) is 0 Å². The van der Waals surface area contributed by atoms with E-state index in [1.807, 2.05) is 0 Å². The molecular formula is C13H24N2O2. The summed E-state index contributed by atoms with van der Waals surface area (Å²) in [6, 6.07) is -0.275. The van der Waals surface area contributed by atoms with Crippen molar-refractivity contribution in [3.63, 3.8) is 0 Å². The maximum Gasteiger partial charge on any atom is 0.246 e. The summed E-state index contributed by atoms with van der Waals surface area (Å²) in [7, 11) is 1.55. The second kappa shape index (κ2) is 7.43. The van der Waals surface area contributed by atoms with Gasteiger partial charge in [-0.2, -0.15) is 0 Å². The summed E-state index contributed by atoms with van der Waals surface area (Å²) in [4.78, 5) is 24.1. The van der Waals surface area contributed by atoms with Crippen molar-refractivity contribution < 1.29 is 9.59 Å². The number of hydrogen-bond donors (Lipinski definition) is 1. The summed E-state index contributed by atoms with van der Waals surface area (Å²) >= 11 is 0. The maximum atomic E-state index is 11.6.